The molecule has 0 aliphatic carbocycles. The van der Waals surface area contributed by atoms with Crippen molar-refractivity contribution in [1.82, 2.24) is 9.62 Å². The van der Waals surface area contributed by atoms with Gasteiger partial charge in [-0.25, -0.2) is 13.1 Å². The van der Waals surface area contributed by atoms with Crippen LogP contribution in [0.15, 0.2) is 0 Å². The molecule has 0 bridgehead atoms. The highest BCUT2D eigenvalue weighted by Crippen LogP contribution is 2.14. The van der Waals surface area contributed by atoms with Crippen molar-refractivity contribution >= 4 is 10.0 Å². The van der Waals surface area contributed by atoms with Gasteiger partial charge in [-0.2, -0.15) is 0 Å². The topological polar surface area (TPSA) is 75.4 Å². The van der Waals surface area contributed by atoms with Crippen LogP contribution >= 0.6 is 0 Å². The minimum atomic E-state index is -3.22. The molecule has 0 radical (unpaired) electrons. The van der Waals surface area contributed by atoms with E-state index in [2.05, 4.69) is 9.62 Å². The summed E-state index contributed by atoms with van der Waals surface area (Å²) in [5.74, 6) is 0. The smallest absolute Gasteiger partial charge is 0.215 e. The molecule has 90 valence electrons. The van der Waals surface area contributed by atoms with Crippen molar-refractivity contribution in [2.75, 3.05) is 26.7 Å². The zero-order chi connectivity index (χ0) is 11.5. The van der Waals surface area contributed by atoms with E-state index < -0.39 is 15.3 Å². The van der Waals surface area contributed by atoms with Crippen LogP contribution in [-0.4, -0.2) is 51.3 Å². The van der Waals surface area contributed by atoms with Gasteiger partial charge in [0.1, 0.15) is 0 Å². The molecule has 1 saturated heterocycles. The molecule has 5 nitrogen and oxygen atoms in total. The second-order valence-electron chi connectivity index (χ2n) is 4.22. The fraction of sp³-hybridized carbons (Fsp3) is 1.00. The van der Waals surface area contributed by atoms with Gasteiger partial charge in [-0.15, -0.1) is 0 Å². The number of nitrogens with two attached hydrogens (primary N) is 1. The zero-order valence-corrected chi connectivity index (χ0v) is 10.3. The summed E-state index contributed by atoms with van der Waals surface area (Å²) in [7, 11) is -1.20. The molecule has 0 aromatic heterocycles. The number of nitrogens with one attached hydrogen (secondary N) is 1. The maximum Gasteiger partial charge on any atom is 0.215 e. The Morgan fingerprint density at radius 1 is 1.60 bits per heavy atom. The average molecular weight is 235 g/mol. The normalized spacial score (nSPS) is 25.7. The van der Waals surface area contributed by atoms with Crippen molar-refractivity contribution in [2.45, 2.75) is 31.1 Å². The first-order valence-electron chi connectivity index (χ1n) is 5.36. The minimum Gasteiger partial charge on any atom is -0.329 e. The lowest BCUT2D eigenvalue weighted by Gasteiger charge is -2.20. The summed E-state index contributed by atoms with van der Waals surface area (Å²) >= 11 is 0. The number of likely N-dealkylation sites (tertiary alicyclic amines) is 1. The molecular formula is C9H21N3O2S. The first-order chi connectivity index (χ1) is 6.97. The molecule has 0 amide bonds. The highest BCUT2D eigenvalue weighted by atomic mass is 32.2. The number of nitrogens with zero attached hydrogens (tertiary/aromatic N) is 1. The van der Waals surface area contributed by atoms with E-state index in [0.717, 1.165) is 19.4 Å². The Morgan fingerprint density at radius 2 is 2.27 bits per heavy atom. The van der Waals surface area contributed by atoms with Gasteiger partial charge in [0.15, 0.2) is 0 Å². The van der Waals surface area contributed by atoms with E-state index in [4.69, 9.17) is 5.73 Å². The SMILES string of the molecule is CC(CN)S(=O)(=O)NCC1CCCN1C. The third-order valence-corrected chi connectivity index (χ3v) is 4.87. The van der Waals surface area contributed by atoms with Crippen molar-refractivity contribution in [3.05, 3.63) is 0 Å². The van der Waals surface area contributed by atoms with Gasteiger partial charge in [0.2, 0.25) is 10.0 Å². The highest BCUT2D eigenvalue weighted by Gasteiger charge is 2.24. The van der Waals surface area contributed by atoms with E-state index >= 15 is 0 Å². The van der Waals surface area contributed by atoms with Crippen LogP contribution in [0.25, 0.3) is 0 Å². The van der Waals surface area contributed by atoms with E-state index in [1.807, 2.05) is 7.05 Å². The summed E-state index contributed by atoms with van der Waals surface area (Å²) in [6.45, 7) is 3.35. The molecule has 2 atom stereocenters. The summed E-state index contributed by atoms with van der Waals surface area (Å²) < 4.78 is 25.9. The highest BCUT2D eigenvalue weighted by molar-refractivity contribution is 7.90. The average Bonchev–Trinajstić information content (AvgIpc) is 2.60. The Balaban J connectivity index is 2.42. The number of hydrogen-bond acceptors (Lipinski definition) is 4. The molecule has 1 aliphatic rings. The van der Waals surface area contributed by atoms with E-state index in [0.29, 0.717) is 12.6 Å². The maximum atomic E-state index is 11.6. The number of rotatable bonds is 5. The lowest BCUT2D eigenvalue weighted by atomic mass is 10.2. The lowest BCUT2D eigenvalue weighted by molar-refractivity contribution is 0.310. The molecule has 2 unspecified atom stereocenters. The Hall–Kier alpha value is -0.170. The Kier molecular flexibility index (Phi) is 4.51. The van der Waals surface area contributed by atoms with E-state index in [1.165, 1.54) is 0 Å². The number of hydrogen-bond donors (Lipinski definition) is 2. The molecule has 3 N–H and O–H groups in total. The predicted molar refractivity (Wildman–Crippen MR) is 61.1 cm³/mol. The maximum absolute atomic E-state index is 11.6. The fourth-order valence-electron chi connectivity index (χ4n) is 1.72. The molecule has 0 spiro atoms. The Morgan fingerprint density at radius 3 is 2.73 bits per heavy atom. The Labute approximate surface area is 92.1 Å². The zero-order valence-electron chi connectivity index (χ0n) is 9.44. The van der Waals surface area contributed by atoms with Gasteiger partial charge in [0.25, 0.3) is 0 Å². The molecular weight excluding hydrogens is 214 g/mol. The monoisotopic (exact) mass is 235 g/mol. The molecule has 15 heavy (non-hydrogen) atoms. The van der Waals surface area contributed by atoms with Crippen molar-refractivity contribution in [1.29, 1.82) is 0 Å². The quantitative estimate of drug-likeness (QED) is 0.664. The van der Waals surface area contributed by atoms with Crippen LogP contribution in [0.1, 0.15) is 19.8 Å². The molecule has 1 heterocycles. The van der Waals surface area contributed by atoms with E-state index in [9.17, 15) is 8.42 Å². The Bertz CT molecular complexity index is 292. The number of likely N-dealkylation sites (N-methyl/N-ethyl adjacent to an activating group) is 1. The summed E-state index contributed by atoms with van der Waals surface area (Å²) in [5.41, 5.74) is 5.34. The van der Waals surface area contributed by atoms with Crippen LogP contribution in [-0.2, 0) is 10.0 Å². The van der Waals surface area contributed by atoms with Crippen LogP contribution in [0.5, 0.6) is 0 Å². The fourth-order valence-corrected chi connectivity index (χ4v) is 2.68. The first-order valence-corrected chi connectivity index (χ1v) is 6.91. The van der Waals surface area contributed by atoms with Crippen LogP contribution < -0.4 is 10.5 Å². The van der Waals surface area contributed by atoms with Crippen molar-refractivity contribution in [2.24, 2.45) is 5.73 Å². The van der Waals surface area contributed by atoms with Gasteiger partial charge < -0.3 is 10.6 Å². The second-order valence-corrected chi connectivity index (χ2v) is 6.40. The molecule has 6 heteroatoms. The van der Waals surface area contributed by atoms with Gasteiger partial charge in [-0.05, 0) is 33.4 Å². The molecule has 1 aliphatic heterocycles. The first kappa shape index (κ1) is 12.9. The molecule has 0 aromatic rings. The second kappa shape index (κ2) is 5.25. The van der Waals surface area contributed by atoms with Gasteiger partial charge in [-0.3, -0.25) is 0 Å². The summed E-state index contributed by atoms with van der Waals surface area (Å²) in [4.78, 5) is 2.19. The minimum absolute atomic E-state index is 0.163. The van der Waals surface area contributed by atoms with E-state index in [1.54, 1.807) is 6.92 Å². The van der Waals surface area contributed by atoms with Crippen LogP contribution in [0.3, 0.4) is 0 Å². The van der Waals surface area contributed by atoms with Gasteiger partial charge in [-0.1, -0.05) is 0 Å². The summed E-state index contributed by atoms with van der Waals surface area (Å²) in [5, 5.41) is -0.510. The van der Waals surface area contributed by atoms with E-state index in [-0.39, 0.29) is 6.54 Å². The molecule has 1 rings (SSSR count). The van der Waals surface area contributed by atoms with Crippen molar-refractivity contribution < 1.29 is 8.42 Å². The molecule has 0 aromatic carbocycles. The lowest BCUT2D eigenvalue weighted by Crippen LogP contribution is -2.43. The van der Waals surface area contributed by atoms with Crippen LogP contribution in [0.2, 0.25) is 0 Å². The largest absolute Gasteiger partial charge is 0.329 e. The van der Waals surface area contributed by atoms with Crippen molar-refractivity contribution in [3.8, 4) is 0 Å². The standard InChI is InChI=1S/C9H21N3O2S/c1-8(6-10)15(13,14)11-7-9-4-3-5-12(9)2/h8-9,11H,3-7,10H2,1-2H3. The third kappa shape index (κ3) is 3.41. The number of sulfonamides is 1. The molecule has 0 saturated carbocycles. The van der Waals surface area contributed by atoms with Gasteiger partial charge in [0.05, 0.1) is 5.25 Å². The van der Waals surface area contributed by atoms with Crippen molar-refractivity contribution in [3.63, 3.8) is 0 Å². The summed E-state index contributed by atoms with van der Waals surface area (Å²) in [6.07, 6.45) is 2.21. The third-order valence-electron chi connectivity index (χ3n) is 3.05. The van der Waals surface area contributed by atoms with Gasteiger partial charge >= 0.3 is 0 Å². The predicted octanol–water partition coefficient (Wildman–Crippen LogP) is -0.653. The molecule has 1 fully saturated rings. The van der Waals surface area contributed by atoms with Gasteiger partial charge in [0, 0.05) is 19.1 Å². The van der Waals surface area contributed by atoms with Crippen LogP contribution in [0, 0.1) is 0 Å². The van der Waals surface area contributed by atoms with Crippen LogP contribution in [0.4, 0.5) is 0 Å². The summed E-state index contributed by atoms with van der Waals surface area (Å²) in [6, 6.07) is 0.338.